The second-order valence-corrected chi connectivity index (χ2v) is 5.56. The van der Waals surface area contributed by atoms with Crippen LogP contribution in [0, 0.1) is 6.92 Å². The summed E-state index contributed by atoms with van der Waals surface area (Å²) in [6.07, 6.45) is 3.04. The maximum Gasteiger partial charge on any atom is 0.139 e. The maximum absolute atomic E-state index is 4.65. The Morgan fingerprint density at radius 3 is 2.60 bits per heavy atom. The second kappa shape index (κ2) is 7.24. The van der Waals surface area contributed by atoms with E-state index in [1.54, 1.807) is 11.3 Å². The normalized spacial score (nSPS) is 10.6. The molecule has 0 saturated carbocycles. The van der Waals surface area contributed by atoms with E-state index >= 15 is 0 Å². The molecule has 0 radical (unpaired) electrons. The van der Waals surface area contributed by atoms with Gasteiger partial charge < -0.3 is 10.6 Å². The van der Waals surface area contributed by atoms with Crippen molar-refractivity contribution in [3.63, 3.8) is 0 Å². The summed E-state index contributed by atoms with van der Waals surface area (Å²) in [4.78, 5) is 9.28. The summed E-state index contributed by atoms with van der Waals surface area (Å²) in [5, 5.41) is 10.9. The topological polar surface area (TPSA) is 49.8 Å². The summed E-state index contributed by atoms with van der Waals surface area (Å²) in [5.74, 6) is 2.75. The van der Waals surface area contributed by atoms with E-state index < -0.39 is 0 Å². The summed E-state index contributed by atoms with van der Waals surface area (Å²) < 4.78 is 0. The molecular weight excluding hydrogens is 268 g/mol. The third-order valence-electron chi connectivity index (χ3n) is 2.99. The van der Waals surface area contributed by atoms with E-state index in [-0.39, 0.29) is 0 Å². The highest BCUT2D eigenvalue weighted by atomic mass is 32.1. The van der Waals surface area contributed by atoms with Crippen LogP contribution in [0.2, 0.25) is 0 Å². The monoisotopic (exact) mass is 290 g/mol. The minimum Gasteiger partial charge on any atom is -0.370 e. The molecule has 0 atom stereocenters. The summed E-state index contributed by atoms with van der Waals surface area (Å²) in [6, 6.07) is 2.06. The van der Waals surface area contributed by atoms with Crippen LogP contribution in [0.15, 0.2) is 16.8 Å². The number of thiophene rings is 1. The number of nitrogens with zero attached hydrogens (tertiary/aromatic N) is 2. The van der Waals surface area contributed by atoms with Gasteiger partial charge >= 0.3 is 0 Å². The Balaban J connectivity index is 2.29. The molecule has 0 aliphatic carbocycles. The number of rotatable bonds is 7. The molecule has 2 rings (SSSR count). The van der Waals surface area contributed by atoms with Crippen LogP contribution < -0.4 is 10.6 Å². The Kier molecular flexibility index (Phi) is 5.35. The summed E-state index contributed by atoms with van der Waals surface area (Å²) in [6.45, 7) is 7.29. The first-order chi connectivity index (χ1) is 9.74. The number of anilines is 3. The molecular formula is C15H22N4S. The molecule has 4 nitrogen and oxygen atoms in total. The first-order valence-corrected chi connectivity index (χ1v) is 8.09. The predicted octanol–water partition coefficient (Wildman–Crippen LogP) is 4.36. The van der Waals surface area contributed by atoms with Gasteiger partial charge in [0.25, 0.3) is 0 Å². The van der Waals surface area contributed by atoms with Crippen molar-refractivity contribution in [3.8, 4) is 0 Å². The van der Waals surface area contributed by atoms with Crippen molar-refractivity contribution in [2.24, 2.45) is 0 Å². The van der Waals surface area contributed by atoms with Crippen molar-refractivity contribution in [2.75, 3.05) is 17.2 Å². The Hall–Kier alpha value is -1.62. The number of aryl methyl sites for hydroxylation is 1. The van der Waals surface area contributed by atoms with Gasteiger partial charge in [-0.3, -0.25) is 0 Å². The predicted molar refractivity (Wildman–Crippen MR) is 87.1 cm³/mol. The number of hydrogen-bond acceptors (Lipinski definition) is 5. The molecule has 0 saturated heterocycles. The lowest BCUT2D eigenvalue weighted by Gasteiger charge is -2.14. The summed E-state index contributed by atoms with van der Waals surface area (Å²) in [7, 11) is 0. The van der Waals surface area contributed by atoms with Gasteiger partial charge in [-0.05, 0) is 31.2 Å². The van der Waals surface area contributed by atoms with E-state index in [1.807, 2.05) is 0 Å². The van der Waals surface area contributed by atoms with Crippen LogP contribution in [0.4, 0.5) is 17.3 Å². The van der Waals surface area contributed by atoms with E-state index in [0.29, 0.717) is 0 Å². The van der Waals surface area contributed by atoms with Gasteiger partial charge in [0.2, 0.25) is 0 Å². The summed E-state index contributed by atoms with van der Waals surface area (Å²) in [5.41, 5.74) is 2.16. The van der Waals surface area contributed by atoms with Gasteiger partial charge in [0.1, 0.15) is 17.5 Å². The lowest BCUT2D eigenvalue weighted by Crippen LogP contribution is -2.10. The van der Waals surface area contributed by atoms with Crippen molar-refractivity contribution >= 4 is 28.7 Å². The molecule has 2 aromatic rings. The van der Waals surface area contributed by atoms with Crippen LogP contribution in [0.1, 0.15) is 38.1 Å². The van der Waals surface area contributed by atoms with Crippen LogP contribution in [0.25, 0.3) is 0 Å². The van der Waals surface area contributed by atoms with Gasteiger partial charge in [-0.1, -0.05) is 13.8 Å². The fourth-order valence-corrected chi connectivity index (χ4v) is 2.50. The molecule has 2 aromatic heterocycles. The van der Waals surface area contributed by atoms with Crippen LogP contribution in [0.5, 0.6) is 0 Å². The number of hydrogen-bond donors (Lipinski definition) is 2. The van der Waals surface area contributed by atoms with Gasteiger partial charge in [-0.25, -0.2) is 9.97 Å². The van der Waals surface area contributed by atoms with Crippen LogP contribution >= 0.6 is 11.3 Å². The van der Waals surface area contributed by atoms with Crippen LogP contribution in [-0.4, -0.2) is 16.5 Å². The Morgan fingerprint density at radius 2 is 1.95 bits per heavy atom. The lowest BCUT2D eigenvalue weighted by molar-refractivity contribution is 0.830. The highest BCUT2D eigenvalue weighted by molar-refractivity contribution is 7.08. The van der Waals surface area contributed by atoms with E-state index in [1.165, 1.54) is 0 Å². The highest BCUT2D eigenvalue weighted by Crippen LogP contribution is 2.25. The van der Waals surface area contributed by atoms with Crippen molar-refractivity contribution in [1.82, 2.24) is 9.97 Å². The Bertz CT molecular complexity index is 537. The van der Waals surface area contributed by atoms with E-state index in [9.17, 15) is 0 Å². The van der Waals surface area contributed by atoms with E-state index in [0.717, 1.165) is 54.5 Å². The minimum atomic E-state index is 0.898. The van der Waals surface area contributed by atoms with Gasteiger partial charge in [-0.15, -0.1) is 0 Å². The van der Waals surface area contributed by atoms with Crippen molar-refractivity contribution < 1.29 is 0 Å². The zero-order valence-electron chi connectivity index (χ0n) is 12.4. The minimum absolute atomic E-state index is 0.898. The van der Waals surface area contributed by atoms with Crippen LogP contribution in [0.3, 0.4) is 0 Å². The summed E-state index contributed by atoms with van der Waals surface area (Å²) >= 11 is 1.68. The van der Waals surface area contributed by atoms with Crippen molar-refractivity contribution in [1.29, 1.82) is 0 Å². The largest absolute Gasteiger partial charge is 0.370 e. The molecule has 0 bridgehead atoms. The Morgan fingerprint density at radius 1 is 1.15 bits per heavy atom. The van der Waals surface area contributed by atoms with Crippen LogP contribution in [-0.2, 0) is 6.42 Å². The van der Waals surface area contributed by atoms with Crippen molar-refractivity contribution in [2.45, 2.75) is 40.0 Å². The molecule has 0 unspecified atom stereocenters. The average Bonchev–Trinajstić information content (AvgIpc) is 2.94. The van der Waals surface area contributed by atoms with Crippen molar-refractivity contribution in [3.05, 3.63) is 28.2 Å². The number of aromatic nitrogens is 2. The molecule has 0 aromatic carbocycles. The standard InChI is InChI=1S/C15H22N4S/c1-4-6-13-18-14(16-8-5-2)11(3)15(19-13)17-12-7-9-20-10-12/h7,9-10H,4-6,8H2,1-3H3,(H2,16,17,18,19). The molecule has 0 aliphatic rings. The van der Waals surface area contributed by atoms with Gasteiger partial charge in [0, 0.05) is 23.9 Å². The van der Waals surface area contributed by atoms with Gasteiger partial charge in [-0.2, -0.15) is 11.3 Å². The number of nitrogens with one attached hydrogen (secondary N) is 2. The molecule has 108 valence electrons. The molecule has 20 heavy (non-hydrogen) atoms. The van der Waals surface area contributed by atoms with Gasteiger partial charge in [0.15, 0.2) is 0 Å². The molecule has 0 fully saturated rings. The zero-order chi connectivity index (χ0) is 14.4. The maximum atomic E-state index is 4.65. The lowest BCUT2D eigenvalue weighted by atomic mass is 10.2. The highest BCUT2D eigenvalue weighted by Gasteiger charge is 2.10. The molecule has 0 amide bonds. The molecule has 2 N–H and O–H groups in total. The molecule has 2 heterocycles. The Labute approximate surface area is 124 Å². The molecule has 5 heteroatoms. The second-order valence-electron chi connectivity index (χ2n) is 4.78. The fourth-order valence-electron chi connectivity index (χ4n) is 1.91. The molecule has 0 spiro atoms. The smallest absolute Gasteiger partial charge is 0.139 e. The van der Waals surface area contributed by atoms with E-state index in [2.05, 4.69) is 58.2 Å². The molecule has 0 aliphatic heterocycles. The SMILES string of the molecule is CCCNc1nc(CCC)nc(Nc2ccsc2)c1C. The third-order valence-corrected chi connectivity index (χ3v) is 3.68. The quantitative estimate of drug-likeness (QED) is 0.795. The first kappa shape index (κ1) is 14.8. The van der Waals surface area contributed by atoms with E-state index in [4.69, 9.17) is 0 Å². The third kappa shape index (κ3) is 3.70. The zero-order valence-corrected chi connectivity index (χ0v) is 13.2. The van der Waals surface area contributed by atoms with Gasteiger partial charge in [0.05, 0.1) is 5.69 Å². The average molecular weight is 290 g/mol. The fraction of sp³-hybridized carbons (Fsp3) is 0.467. The first-order valence-electron chi connectivity index (χ1n) is 7.15.